The molecule has 2 aliphatic heterocycles. The van der Waals surface area contributed by atoms with Crippen LogP contribution in [0, 0.1) is 13.8 Å². The van der Waals surface area contributed by atoms with Gasteiger partial charge in [0.2, 0.25) is 0 Å². The summed E-state index contributed by atoms with van der Waals surface area (Å²) in [6.45, 7) is 7.19. The molecule has 0 unspecified atom stereocenters. The minimum Gasteiger partial charge on any atom is -0.378 e. The quantitative estimate of drug-likeness (QED) is 0.602. The number of carbonyl (C=O) groups is 2. The van der Waals surface area contributed by atoms with Gasteiger partial charge in [-0.2, -0.15) is 0 Å². The lowest BCUT2D eigenvalue weighted by Crippen LogP contribution is -2.40. The number of nitrogens with one attached hydrogen (secondary N) is 1. The second kappa shape index (κ2) is 9.31. The number of anilines is 2. The molecule has 1 fully saturated rings. The zero-order valence-corrected chi connectivity index (χ0v) is 19.6. The van der Waals surface area contributed by atoms with E-state index >= 15 is 0 Å². The average molecular weight is 456 g/mol. The largest absolute Gasteiger partial charge is 0.378 e. The van der Waals surface area contributed by atoms with E-state index in [1.807, 2.05) is 78.2 Å². The third-order valence-corrected chi connectivity index (χ3v) is 6.83. The van der Waals surface area contributed by atoms with Crippen molar-refractivity contribution >= 4 is 23.3 Å². The molecule has 0 saturated carbocycles. The zero-order chi connectivity index (χ0) is 23.7. The summed E-state index contributed by atoms with van der Waals surface area (Å²) in [5.74, 6) is 0.0503. The number of amides is 3. The summed E-state index contributed by atoms with van der Waals surface area (Å²) in [6.07, 6.45) is 0.816. The van der Waals surface area contributed by atoms with Crippen molar-refractivity contribution in [1.29, 1.82) is 0 Å². The predicted molar refractivity (Wildman–Crippen MR) is 135 cm³/mol. The predicted octanol–water partition coefficient (Wildman–Crippen LogP) is 5.04. The number of fused-ring (bicyclic) bond motifs is 1. The number of urea groups is 1. The topological polar surface area (TPSA) is 61.9 Å². The average Bonchev–Trinajstić information content (AvgIpc) is 3.30. The number of hydrogen-bond donors (Lipinski definition) is 1. The van der Waals surface area contributed by atoms with Gasteiger partial charge in [0, 0.05) is 36.6 Å². The van der Waals surface area contributed by atoms with Crippen molar-refractivity contribution < 1.29 is 14.3 Å². The van der Waals surface area contributed by atoms with Gasteiger partial charge in [0.1, 0.15) is 0 Å². The van der Waals surface area contributed by atoms with E-state index in [0.717, 1.165) is 45.6 Å². The van der Waals surface area contributed by atoms with Crippen LogP contribution in [0.4, 0.5) is 16.2 Å². The first-order chi connectivity index (χ1) is 16.5. The van der Waals surface area contributed by atoms with Gasteiger partial charge < -0.3 is 15.0 Å². The van der Waals surface area contributed by atoms with Gasteiger partial charge in [0.25, 0.3) is 5.91 Å². The van der Waals surface area contributed by atoms with Crippen molar-refractivity contribution in [3.63, 3.8) is 0 Å². The third-order valence-electron chi connectivity index (χ3n) is 6.83. The van der Waals surface area contributed by atoms with Gasteiger partial charge in [-0.15, -0.1) is 0 Å². The fourth-order valence-electron chi connectivity index (χ4n) is 4.62. The van der Waals surface area contributed by atoms with Crippen molar-refractivity contribution in [2.75, 3.05) is 43.1 Å². The molecule has 34 heavy (non-hydrogen) atoms. The summed E-state index contributed by atoms with van der Waals surface area (Å²) < 4.78 is 5.34. The molecule has 0 spiro atoms. The summed E-state index contributed by atoms with van der Waals surface area (Å²) in [4.78, 5) is 29.3. The molecular formula is C28H29N3O3. The Labute approximate surface area is 200 Å². The molecule has 0 bridgehead atoms. The van der Waals surface area contributed by atoms with E-state index in [2.05, 4.69) is 11.4 Å². The van der Waals surface area contributed by atoms with E-state index in [0.29, 0.717) is 38.4 Å². The van der Waals surface area contributed by atoms with Crippen LogP contribution < -0.4 is 10.2 Å². The van der Waals surface area contributed by atoms with Gasteiger partial charge in [-0.25, -0.2) is 4.79 Å². The Morgan fingerprint density at radius 3 is 2.38 bits per heavy atom. The van der Waals surface area contributed by atoms with E-state index in [1.165, 1.54) is 0 Å². The lowest BCUT2D eigenvalue weighted by Gasteiger charge is -2.26. The van der Waals surface area contributed by atoms with Crippen LogP contribution in [0.3, 0.4) is 0 Å². The maximum Gasteiger partial charge on any atom is 0.326 e. The van der Waals surface area contributed by atoms with Crippen molar-refractivity contribution in [1.82, 2.24) is 4.90 Å². The van der Waals surface area contributed by atoms with Crippen LogP contribution in [0.2, 0.25) is 0 Å². The second-order valence-corrected chi connectivity index (χ2v) is 8.90. The Kier molecular flexibility index (Phi) is 6.07. The lowest BCUT2D eigenvalue weighted by molar-refractivity contribution is 0.0303. The molecule has 6 heteroatoms. The molecular weight excluding hydrogens is 426 g/mol. The number of rotatable bonds is 3. The first-order valence-electron chi connectivity index (χ1n) is 11.8. The van der Waals surface area contributed by atoms with Gasteiger partial charge in [-0.05, 0) is 78.4 Å². The molecule has 3 aromatic carbocycles. The Morgan fingerprint density at radius 2 is 1.62 bits per heavy atom. The minimum atomic E-state index is -0.105. The molecule has 2 aliphatic rings. The van der Waals surface area contributed by atoms with Crippen LogP contribution in [0.25, 0.3) is 11.1 Å². The van der Waals surface area contributed by atoms with E-state index < -0.39 is 0 Å². The van der Waals surface area contributed by atoms with Gasteiger partial charge in [-0.3, -0.25) is 9.69 Å². The first kappa shape index (κ1) is 22.2. The SMILES string of the molecule is Cc1cccc(NC(=O)N2CCc3cc(-c4ccc(C(=O)N5CCOCC5)cc4)ccc32)c1C. The highest BCUT2D eigenvalue weighted by molar-refractivity contribution is 6.03. The van der Waals surface area contributed by atoms with E-state index in [1.54, 1.807) is 0 Å². The van der Waals surface area contributed by atoms with E-state index in [9.17, 15) is 9.59 Å². The van der Waals surface area contributed by atoms with E-state index in [4.69, 9.17) is 4.74 Å². The summed E-state index contributed by atoms with van der Waals surface area (Å²) >= 11 is 0. The fraction of sp³-hybridized carbons (Fsp3) is 0.286. The zero-order valence-electron chi connectivity index (χ0n) is 19.6. The number of benzene rings is 3. The Balaban J connectivity index is 1.30. The summed E-state index contributed by atoms with van der Waals surface area (Å²) in [7, 11) is 0. The summed E-state index contributed by atoms with van der Waals surface area (Å²) in [5, 5.41) is 3.07. The van der Waals surface area contributed by atoms with Crippen LogP contribution in [0.1, 0.15) is 27.0 Å². The highest BCUT2D eigenvalue weighted by Crippen LogP contribution is 2.33. The lowest BCUT2D eigenvalue weighted by atomic mass is 10.0. The molecule has 3 aromatic rings. The minimum absolute atomic E-state index is 0.0503. The number of aryl methyl sites for hydroxylation is 1. The van der Waals surface area contributed by atoms with Crippen LogP contribution in [0.15, 0.2) is 60.7 Å². The van der Waals surface area contributed by atoms with Gasteiger partial charge >= 0.3 is 6.03 Å². The van der Waals surface area contributed by atoms with Gasteiger partial charge in [-0.1, -0.05) is 30.3 Å². The standard InChI is InChI=1S/C28H29N3O3/c1-19-4-3-5-25(20(19)2)29-28(33)31-13-12-24-18-23(10-11-26(24)31)21-6-8-22(9-7-21)27(32)30-14-16-34-17-15-30/h3-11,18H,12-17H2,1-2H3,(H,29,33). The number of carbonyl (C=O) groups excluding carboxylic acids is 2. The monoisotopic (exact) mass is 455 g/mol. The molecule has 0 radical (unpaired) electrons. The molecule has 0 aromatic heterocycles. The molecule has 0 atom stereocenters. The van der Waals surface area contributed by atoms with Gasteiger partial charge in [0.15, 0.2) is 0 Å². The maximum atomic E-state index is 13.0. The number of ether oxygens (including phenoxy) is 1. The molecule has 1 saturated heterocycles. The molecule has 6 nitrogen and oxygen atoms in total. The van der Waals surface area contributed by atoms with Gasteiger partial charge in [0.05, 0.1) is 13.2 Å². The van der Waals surface area contributed by atoms with E-state index in [-0.39, 0.29) is 11.9 Å². The maximum absolute atomic E-state index is 13.0. The van der Waals surface area contributed by atoms with Crippen LogP contribution >= 0.6 is 0 Å². The van der Waals surface area contributed by atoms with Crippen molar-refractivity contribution in [2.24, 2.45) is 0 Å². The molecule has 1 N–H and O–H groups in total. The fourth-order valence-corrected chi connectivity index (χ4v) is 4.62. The van der Waals surface area contributed by atoms with Crippen LogP contribution in [0.5, 0.6) is 0 Å². The highest BCUT2D eigenvalue weighted by Gasteiger charge is 2.25. The van der Waals surface area contributed by atoms with Crippen molar-refractivity contribution in [3.8, 4) is 11.1 Å². The molecule has 174 valence electrons. The summed E-state index contributed by atoms with van der Waals surface area (Å²) in [5.41, 5.74) is 8.03. The number of morpholine rings is 1. The highest BCUT2D eigenvalue weighted by atomic mass is 16.5. The second-order valence-electron chi connectivity index (χ2n) is 8.90. The molecule has 5 rings (SSSR count). The summed E-state index contributed by atoms with van der Waals surface area (Å²) in [6, 6.07) is 19.8. The molecule has 2 heterocycles. The normalized spacial score (nSPS) is 15.2. The number of hydrogen-bond acceptors (Lipinski definition) is 3. The molecule has 0 aliphatic carbocycles. The Hall–Kier alpha value is -3.64. The Morgan fingerprint density at radius 1 is 0.882 bits per heavy atom. The van der Waals surface area contributed by atoms with Crippen LogP contribution in [-0.4, -0.2) is 49.7 Å². The number of nitrogens with zero attached hydrogens (tertiary/aromatic N) is 2. The third kappa shape index (κ3) is 4.29. The van der Waals surface area contributed by atoms with Crippen molar-refractivity contribution in [2.45, 2.75) is 20.3 Å². The molecule has 3 amide bonds. The Bertz CT molecular complexity index is 1230. The van der Waals surface area contributed by atoms with Crippen LogP contribution in [-0.2, 0) is 11.2 Å². The first-order valence-corrected chi connectivity index (χ1v) is 11.8. The van der Waals surface area contributed by atoms with Crippen molar-refractivity contribution in [3.05, 3.63) is 82.9 Å². The smallest absolute Gasteiger partial charge is 0.326 e.